The predicted octanol–water partition coefficient (Wildman–Crippen LogP) is 4.73. The van der Waals surface area contributed by atoms with Gasteiger partial charge in [-0.1, -0.05) is 39.0 Å². The van der Waals surface area contributed by atoms with E-state index in [4.69, 9.17) is 4.42 Å². The third-order valence-corrected chi connectivity index (χ3v) is 13.3. The number of allylic oxidation sites excluding steroid dienone is 4. The number of carbonyl (C=O) groups excluding carboxylic acids is 1. The first kappa shape index (κ1) is 27.4. The highest BCUT2D eigenvalue weighted by Gasteiger charge is 2.74. The van der Waals surface area contributed by atoms with Crippen LogP contribution in [0.2, 0.25) is 0 Å². The molecular formula is C31H43NO6S. The topological polar surface area (TPSA) is 108 Å². The van der Waals surface area contributed by atoms with Crippen LogP contribution < -0.4 is 0 Å². The van der Waals surface area contributed by atoms with E-state index in [0.717, 1.165) is 31.3 Å². The van der Waals surface area contributed by atoms with Crippen molar-refractivity contribution in [1.29, 1.82) is 0 Å². The monoisotopic (exact) mass is 557 g/mol. The fourth-order valence-electron chi connectivity index (χ4n) is 10.0. The SMILES string of the molecule is CCCN(CC1(O)CCC2C34C=CC5(C=C3C(=O)c3ccco3)CC(O)CCC5(C)C4CCC21C)S(C)(=O)=O. The molecular weight excluding hydrogens is 514 g/mol. The molecule has 2 N–H and O–H groups in total. The Morgan fingerprint density at radius 1 is 1.10 bits per heavy atom. The summed E-state index contributed by atoms with van der Waals surface area (Å²) in [6, 6.07) is 3.45. The van der Waals surface area contributed by atoms with E-state index in [1.165, 1.54) is 16.8 Å². The van der Waals surface area contributed by atoms with E-state index in [-0.39, 0.29) is 29.6 Å². The lowest BCUT2D eigenvalue weighted by Gasteiger charge is -2.71. The van der Waals surface area contributed by atoms with E-state index in [0.29, 0.717) is 38.0 Å². The quantitative estimate of drug-likeness (QED) is 0.371. The summed E-state index contributed by atoms with van der Waals surface area (Å²) in [5, 5.41) is 23.2. The summed E-state index contributed by atoms with van der Waals surface area (Å²) < 4.78 is 32.4. The van der Waals surface area contributed by atoms with E-state index < -0.39 is 38.0 Å². The van der Waals surface area contributed by atoms with Crippen LogP contribution in [-0.4, -0.2) is 59.8 Å². The second-order valence-electron chi connectivity index (χ2n) is 13.7. The van der Waals surface area contributed by atoms with E-state index >= 15 is 0 Å². The molecule has 8 heteroatoms. The van der Waals surface area contributed by atoms with Gasteiger partial charge in [0, 0.05) is 34.9 Å². The fraction of sp³-hybridized carbons (Fsp3) is 0.710. The number of rotatable bonds is 7. The molecule has 7 rings (SSSR count). The van der Waals surface area contributed by atoms with Gasteiger partial charge in [-0.05, 0) is 80.8 Å². The summed E-state index contributed by atoms with van der Waals surface area (Å²) >= 11 is 0. The highest BCUT2D eigenvalue weighted by molar-refractivity contribution is 7.88. The van der Waals surface area contributed by atoms with Crippen molar-refractivity contribution in [2.45, 2.75) is 83.8 Å². The summed E-state index contributed by atoms with van der Waals surface area (Å²) in [5.74, 6) is 0.361. The first-order valence-electron chi connectivity index (χ1n) is 14.6. The van der Waals surface area contributed by atoms with Crippen LogP contribution in [0.1, 0.15) is 82.7 Å². The number of fused-ring (bicyclic) bond motifs is 1. The van der Waals surface area contributed by atoms with Crippen LogP contribution in [-0.2, 0) is 10.0 Å². The smallest absolute Gasteiger partial charge is 0.224 e. The maximum atomic E-state index is 14.2. The minimum absolute atomic E-state index is 0.0276. The Kier molecular flexibility index (Phi) is 6.07. The number of hydrogen-bond acceptors (Lipinski definition) is 6. The Hall–Kier alpha value is -1.74. The molecule has 0 aliphatic heterocycles. The third-order valence-electron chi connectivity index (χ3n) is 12.1. The van der Waals surface area contributed by atoms with Crippen LogP contribution in [0.4, 0.5) is 0 Å². The van der Waals surface area contributed by atoms with E-state index in [1.807, 2.05) is 6.92 Å². The minimum Gasteiger partial charge on any atom is -0.461 e. The molecule has 0 amide bonds. The molecule has 214 valence electrons. The lowest BCUT2D eigenvalue weighted by atomic mass is 9.32. The van der Waals surface area contributed by atoms with Gasteiger partial charge in [-0.25, -0.2) is 8.42 Å². The average Bonchev–Trinajstić information content (AvgIpc) is 3.50. The third kappa shape index (κ3) is 3.50. The van der Waals surface area contributed by atoms with E-state index in [9.17, 15) is 23.4 Å². The molecule has 0 radical (unpaired) electrons. The van der Waals surface area contributed by atoms with Crippen LogP contribution >= 0.6 is 0 Å². The number of ketones is 1. The normalized spacial score (nSPS) is 44.6. The van der Waals surface area contributed by atoms with Gasteiger partial charge in [0.2, 0.25) is 15.8 Å². The van der Waals surface area contributed by atoms with Crippen LogP contribution in [0, 0.1) is 33.5 Å². The zero-order valence-corrected chi connectivity index (χ0v) is 24.5. The number of furan rings is 1. The highest BCUT2D eigenvalue weighted by atomic mass is 32.2. The van der Waals surface area contributed by atoms with Crippen molar-refractivity contribution in [1.82, 2.24) is 4.31 Å². The maximum Gasteiger partial charge on any atom is 0.224 e. The van der Waals surface area contributed by atoms with Gasteiger partial charge in [-0.2, -0.15) is 4.31 Å². The van der Waals surface area contributed by atoms with Gasteiger partial charge in [-0.15, -0.1) is 0 Å². The number of sulfonamides is 1. The molecule has 39 heavy (non-hydrogen) atoms. The maximum absolute atomic E-state index is 14.2. The molecule has 6 aliphatic carbocycles. The summed E-state index contributed by atoms with van der Waals surface area (Å²) in [7, 11) is -3.48. The van der Waals surface area contributed by atoms with E-state index in [2.05, 4.69) is 32.1 Å². The first-order valence-corrected chi connectivity index (χ1v) is 16.5. The van der Waals surface area contributed by atoms with Crippen molar-refractivity contribution in [3.63, 3.8) is 0 Å². The summed E-state index contributed by atoms with van der Waals surface area (Å²) in [5.41, 5.74) is -2.12. The Bertz CT molecular complexity index is 1330. The number of aliphatic hydroxyl groups excluding tert-OH is 1. The second-order valence-corrected chi connectivity index (χ2v) is 15.7. The van der Waals surface area contributed by atoms with Gasteiger partial charge in [0.05, 0.1) is 24.2 Å². The molecule has 3 fully saturated rings. The zero-order chi connectivity index (χ0) is 28.1. The number of Topliss-reactive ketones (excluding diaryl/α,β-unsaturated/α-hetero) is 1. The van der Waals surface area contributed by atoms with Crippen molar-refractivity contribution in [3.05, 3.63) is 48.0 Å². The molecule has 2 spiro atoms. The molecule has 6 aliphatic rings. The molecule has 3 saturated carbocycles. The minimum atomic E-state index is -3.48. The number of aliphatic hydroxyl groups is 2. The van der Waals surface area contributed by atoms with Crippen molar-refractivity contribution in [2.75, 3.05) is 19.3 Å². The zero-order valence-electron chi connectivity index (χ0n) is 23.7. The first-order chi connectivity index (χ1) is 18.3. The summed E-state index contributed by atoms with van der Waals surface area (Å²) in [4.78, 5) is 14.2. The largest absolute Gasteiger partial charge is 0.461 e. The number of carbonyl (C=O) groups is 1. The lowest BCUT2D eigenvalue weighted by molar-refractivity contribution is -0.173. The standard InChI is InChI=1S/C31H43NO6S/c1-5-16-32(39(4,36)37)20-30(35)13-10-25-28(30,3)12-9-24-27(2)11-8-21(33)18-29(27)14-15-31(24,25)22(19-29)26(34)23-7-6-17-38-23/h6-7,14-15,17,19,21,24-25,33,35H,5,8-13,16,18,20H2,1-4H3. The Labute approximate surface area is 232 Å². The molecule has 0 aromatic carbocycles. The van der Waals surface area contributed by atoms with Gasteiger partial charge in [0.25, 0.3) is 0 Å². The highest BCUT2D eigenvalue weighted by Crippen LogP contribution is 2.78. The molecule has 7 nitrogen and oxygen atoms in total. The van der Waals surface area contributed by atoms with Crippen LogP contribution in [0.15, 0.2) is 46.6 Å². The number of hydrogen-bond donors (Lipinski definition) is 2. The Morgan fingerprint density at radius 2 is 1.79 bits per heavy atom. The number of nitrogens with zero attached hydrogens (tertiary/aromatic N) is 1. The van der Waals surface area contributed by atoms with Crippen LogP contribution in [0.25, 0.3) is 0 Å². The van der Waals surface area contributed by atoms with Crippen LogP contribution in [0.5, 0.6) is 0 Å². The predicted molar refractivity (Wildman–Crippen MR) is 148 cm³/mol. The molecule has 1 aromatic heterocycles. The Balaban J connectivity index is 1.49. The van der Waals surface area contributed by atoms with Gasteiger partial charge in [0.15, 0.2) is 5.76 Å². The van der Waals surface area contributed by atoms with Crippen molar-refractivity contribution >= 4 is 15.8 Å². The van der Waals surface area contributed by atoms with Gasteiger partial charge >= 0.3 is 0 Å². The Morgan fingerprint density at radius 3 is 2.46 bits per heavy atom. The molecule has 1 heterocycles. The van der Waals surface area contributed by atoms with Crippen molar-refractivity contribution < 1.29 is 27.8 Å². The molecule has 1 aromatic rings. The average molecular weight is 558 g/mol. The van der Waals surface area contributed by atoms with Crippen LogP contribution in [0.3, 0.4) is 0 Å². The van der Waals surface area contributed by atoms with Crippen molar-refractivity contribution in [2.24, 2.45) is 33.5 Å². The van der Waals surface area contributed by atoms with Gasteiger partial charge in [-0.3, -0.25) is 4.79 Å². The molecule has 2 bridgehead atoms. The fourth-order valence-corrected chi connectivity index (χ4v) is 11.0. The molecule has 0 saturated heterocycles. The summed E-state index contributed by atoms with van der Waals surface area (Å²) in [6.07, 6.45) is 14.8. The molecule has 8 unspecified atom stereocenters. The molecule has 8 atom stereocenters. The van der Waals surface area contributed by atoms with Crippen molar-refractivity contribution in [3.8, 4) is 0 Å². The van der Waals surface area contributed by atoms with Gasteiger partial charge in [0.1, 0.15) is 0 Å². The van der Waals surface area contributed by atoms with E-state index in [1.54, 1.807) is 12.1 Å². The second kappa shape index (κ2) is 8.63. The lowest BCUT2D eigenvalue weighted by Crippen LogP contribution is -2.67. The van der Waals surface area contributed by atoms with Gasteiger partial charge < -0.3 is 14.6 Å². The summed E-state index contributed by atoms with van der Waals surface area (Å²) in [6.45, 7) is 6.89.